The Labute approximate surface area is 142 Å². The number of rotatable bonds is 6. The lowest BCUT2D eigenvalue weighted by atomic mass is 10.1. The van der Waals surface area contributed by atoms with E-state index in [1.54, 1.807) is 4.68 Å². The number of anilines is 1. The topological polar surface area (TPSA) is 121 Å². The molecule has 0 unspecified atom stereocenters. The van der Waals surface area contributed by atoms with Crippen molar-refractivity contribution in [2.45, 2.75) is 20.0 Å². The van der Waals surface area contributed by atoms with Gasteiger partial charge in [-0.3, -0.25) is 10.1 Å². The molecule has 10 heteroatoms. The molecular formula is C15H15N7O3. The molecule has 0 saturated carbocycles. The molecule has 3 rings (SSSR count). The molecule has 2 aromatic heterocycles. The summed E-state index contributed by atoms with van der Waals surface area (Å²) < 4.78 is 2.79. The van der Waals surface area contributed by atoms with E-state index in [1.807, 2.05) is 31.2 Å². The third-order valence-corrected chi connectivity index (χ3v) is 3.33. The Morgan fingerprint density at radius 1 is 1.28 bits per heavy atom. The highest BCUT2D eigenvalue weighted by Crippen LogP contribution is 2.07. The van der Waals surface area contributed by atoms with Gasteiger partial charge in [0, 0.05) is 0 Å². The standard InChI is InChI=1S/C15H15N7O3/c1-11-3-2-4-12(7-11)8-21-10-16-15(19-21)17-14(23)9-20-6-5-13(18-20)22(24)25/h2-7,10H,8-9H2,1H3,(H,17,19,23). The van der Waals surface area contributed by atoms with Crippen LogP contribution in [0.2, 0.25) is 0 Å². The summed E-state index contributed by atoms with van der Waals surface area (Å²) in [5, 5.41) is 21.0. The molecule has 0 bridgehead atoms. The van der Waals surface area contributed by atoms with E-state index in [1.165, 1.54) is 23.3 Å². The largest absolute Gasteiger partial charge is 0.389 e. The second-order valence-electron chi connectivity index (χ2n) is 5.43. The third kappa shape index (κ3) is 4.25. The molecule has 0 radical (unpaired) electrons. The lowest BCUT2D eigenvalue weighted by molar-refractivity contribution is -0.389. The Morgan fingerprint density at radius 3 is 2.84 bits per heavy atom. The van der Waals surface area contributed by atoms with Gasteiger partial charge < -0.3 is 10.1 Å². The molecule has 0 aliphatic rings. The van der Waals surface area contributed by atoms with Crippen molar-refractivity contribution in [1.29, 1.82) is 0 Å². The van der Waals surface area contributed by atoms with Gasteiger partial charge in [0.05, 0.1) is 23.9 Å². The molecule has 2 heterocycles. The maximum atomic E-state index is 11.9. The number of aromatic nitrogens is 5. The van der Waals surface area contributed by atoms with Crippen LogP contribution < -0.4 is 5.32 Å². The number of nitrogens with zero attached hydrogens (tertiary/aromatic N) is 6. The van der Waals surface area contributed by atoms with Gasteiger partial charge in [-0.1, -0.05) is 29.8 Å². The summed E-state index contributed by atoms with van der Waals surface area (Å²) in [6.07, 6.45) is 2.89. The Morgan fingerprint density at radius 2 is 2.12 bits per heavy atom. The number of aryl methyl sites for hydroxylation is 1. The highest BCUT2D eigenvalue weighted by Gasteiger charge is 2.14. The van der Waals surface area contributed by atoms with E-state index in [9.17, 15) is 14.9 Å². The second-order valence-corrected chi connectivity index (χ2v) is 5.43. The molecule has 3 aromatic rings. The molecule has 0 aliphatic heterocycles. The van der Waals surface area contributed by atoms with Gasteiger partial charge in [-0.25, -0.2) is 9.67 Å². The first-order chi connectivity index (χ1) is 12.0. The van der Waals surface area contributed by atoms with Gasteiger partial charge in [-0.15, -0.1) is 5.10 Å². The van der Waals surface area contributed by atoms with Crippen molar-refractivity contribution in [2.24, 2.45) is 0 Å². The molecule has 0 atom stereocenters. The molecule has 128 valence electrons. The summed E-state index contributed by atoms with van der Waals surface area (Å²) in [7, 11) is 0. The Balaban J connectivity index is 1.58. The number of nitro groups is 1. The maximum absolute atomic E-state index is 11.9. The van der Waals surface area contributed by atoms with Gasteiger partial charge in [-0.05, 0) is 17.4 Å². The zero-order chi connectivity index (χ0) is 17.8. The minimum atomic E-state index is -0.622. The van der Waals surface area contributed by atoms with E-state index < -0.39 is 10.8 Å². The van der Waals surface area contributed by atoms with Crippen molar-refractivity contribution >= 4 is 17.7 Å². The van der Waals surface area contributed by atoms with Crippen LogP contribution in [0.1, 0.15) is 11.1 Å². The minimum Gasteiger partial charge on any atom is -0.358 e. The van der Waals surface area contributed by atoms with Crippen molar-refractivity contribution in [2.75, 3.05) is 5.32 Å². The van der Waals surface area contributed by atoms with Gasteiger partial charge in [0.25, 0.3) is 5.91 Å². The van der Waals surface area contributed by atoms with Crippen LogP contribution >= 0.6 is 0 Å². The SMILES string of the molecule is Cc1cccc(Cn2cnc(NC(=O)Cn3ccc([N+](=O)[O-])n3)n2)c1. The van der Waals surface area contributed by atoms with E-state index in [2.05, 4.69) is 20.5 Å². The summed E-state index contributed by atoms with van der Waals surface area (Å²) in [6.45, 7) is 2.38. The van der Waals surface area contributed by atoms with Gasteiger partial charge in [0.1, 0.15) is 12.9 Å². The van der Waals surface area contributed by atoms with Crippen LogP contribution in [0, 0.1) is 17.0 Å². The van der Waals surface area contributed by atoms with Crippen molar-refractivity contribution < 1.29 is 9.72 Å². The first-order valence-electron chi connectivity index (χ1n) is 7.42. The van der Waals surface area contributed by atoms with E-state index in [4.69, 9.17) is 0 Å². The quantitative estimate of drug-likeness (QED) is 0.534. The zero-order valence-electron chi connectivity index (χ0n) is 13.4. The third-order valence-electron chi connectivity index (χ3n) is 3.33. The van der Waals surface area contributed by atoms with Crippen LogP contribution in [0.15, 0.2) is 42.9 Å². The van der Waals surface area contributed by atoms with Gasteiger partial charge >= 0.3 is 5.82 Å². The first kappa shape index (κ1) is 16.3. The zero-order valence-corrected chi connectivity index (χ0v) is 13.4. The Bertz CT molecular complexity index is 915. The van der Waals surface area contributed by atoms with Gasteiger partial charge in [0.15, 0.2) is 0 Å². The van der Waals surface area contributed by atoms with Crippen LogP contribution in [-0.4, -0.2) is 35.4 Å². The maximum Gasteiger partial charge on any atom is 0.389 e. The predicted octanol–water partition coefficient (Wildman–Crippen LogP) is 1.38. The molecule has 10 nitrogen and oxygen atoms in total. The fourth-order valence-corrected chi connectivity index (χ4v) is 2.27. The van der Waals surface area contributed by atoms with Crippen LogP contribution in [0.5, 0.6) is 0 Å². The molecule has 1 N–H and O–H groups in total. The lowest BCUT2D eigenvalue weighted by Crippen LogP contribution is -2.20. The van der Waals surface area contributed by atoms with E-state index in [-0.39, 0.29) is 18.3 Å². The fraction of sp³-hybridized carbons (Fsp3) is 0.200. The van der Waals surface area contributed by atoms with Gasteiger partial charge in [0.2, 0.25) is 5.95 Å². The van der Waals surface area contributed by atoms with Crippen molar-refractivity contribution in [3.05, 3.63) is 64.1 Å². The number of hydrogen-bond donors (Lipinski definition) is 1. The summed E-state index contributed by atoms with van der Waals surface area (Å²) >= 11 is 0. The Hall–Kier alpha value is -3.56. The number of carbonyl (C=O) groups is 1. The van der Waals surface area contributed by atoms with Crippen LogP contribution in [0.3, 0.4) is 0 Å². The van der Waals surface area contributed by atoms with Crippen molar-refractivity contribution in [3.63, 3.8) is 0 Å². The normalized spacial score (nSPS) is 10.6. The lowest BCUT2D eigenvalue weighted by Gasteiger charge is -2.02. The number of amides is 1. The molecule has 1 aromatic carbocycles. The van der Waals surface area contributed by atoms with E-state index in [0.29, 0.717) is 6.54 Å². The van der Waals surface area contributed by atoms with E-state index >= 15 is 0 Å². The smallest absolute Gasteiger partial charge is 0.358 e. The van der Waals surface area contributed by atoms with Gasteiger partial charge in [-0.2, -0.15) is 4.68 Å². The number of carbonyl (C=O) groups excluding carboxylic acids is 1. The van der Waals surface area contributed by atoms with Crippen LogP contribution in [0.4, 0.5) is 11.8 Å². The monoisotopic (exact) mass is 341 g/mol. The average Bonchev–Trinajstić information content (AvgIpc) is 3.17. The van der Waals surface area contributed by atoms with Crippen molar-refractivity contribution in [1.82, 2.24) is 24.5 Å². The average molecular weight is 341 g/mol. The Kier molecular flexibility index (Phi) is 4.50. The highest BCUT2D eigenvalue weighted by atomic mass is 16.6. The molecule has 0 fully saturated rings. The minimum absolute atomic E-state index is 0.166. The van der Waals surface area contributed by atoms with Crippen LogP contribution in [-0.2, 0) is 17.9 Å². The van der Waals surface area contributed by atoms with Crippen molar-refractivity contribution in [3.8, 4) is 0 Å². The summed E-state index contributed by atoms with van der Waals surface area (Å²) in [4.78, 5) is 25.9. The number of benzene rings is 1. The number of nitrogens with one attached hydrogen (secondary N) is 1. The molecule has 0 aliphatic carbocycles. The first-order valence-corrected chi connectivity index (χ1v) is 7.42. The molecule has 0 saturated heterocycles. The second kappa shape index (κ2) is 6.91. The summed E-state index contributed by atoms with van der Waals surface area (Å²) in [5.41, 5.74) is 2.23. The molecule has 1 amide bonds. The van der Waals surface area contributed by atoms with Crippen LogP contribution in [0.25, 0.3) is 0 Å². The van der Waals surface area contributed by atoms with E-state index in [0.717, 1.165) is 11.1 Å². The fourth-order valence-electron chi connectivity index (χ4n) is 2.27. The predicted molar refractivity (Wildman–Crippen MR) is 87.8 cm³/mol. The molecule has 25 heavy (non-hydrogen) atoms. The number of hydrogen-bond acceptors (Lipinski definition) is 6. The molecular weight excluding hydrogens is 326 g/mol. The summed E-state index contributed by atoms with van der Waals surface area (Å²) in [6, 6.07) is 9.23. The highest BCUT2D eigenvalue weighted by molar-refractivity contribution is 5.88. The molecule has 0 spiro atoms. The summed E-state index contributed by atoms with van der Waals surface area (Å²) in [5.74, 6) is -0.570.